The highest BCUT2D eigenvalue weighted by Crippen LogP contribution is 2.27. The van der Waals surface area contributed by atoms with E-state index in [0.29, 0.717) is 33.5 Å². The zero-order valence-corrected chi connectivity index (χ0v) is 16.3. The molecule has 7 nitrogen and oxygen atoms in total. The van der Waals surface area contributed by atoms with Crippen LogP contribution >= 0.6 is 11.8 Å². The van der Waals surface area contributed by atoms with Crippen LogP contribution in [-0.2, 0) is 4.79 Å². The number of carbonyl (C=O) groups excluding carboxylic acids is 2. The Bertz CT molecular complexity index is 900. The molecule has 0 radical (unpaired) electrons. The Morgan fingerprint density at radius 2 is 1.81 bits per heavy atom. The number of rotatable bonds is 7. The van der Waals surface area contributed by atoms with Gasteiger partial charge in [0.25, 0.3) is 0 Å². The third-order valence-corrected chi connectivity index (χ3v) is 4.64. The molecule has 0 aliphatic carbocycles. The van der Waals surface area contributed by atoms with Gasteiger partial charge in [0.05, 0.1) is 25.5 Å². The molecule has 0 aliphatic rings. The molecule has 0 saturated carbocycles. The number of Topliss-reactive ketones (excluding diaryl/α,β-unsaturated/α-hetero) is 1. The lowest BCUT2D eigenvalue weighted by Gasteiger charge is -2.10. The molecule has 0 unspecified atom stereocenters. The monoisotopic (exact) mass is 385 g/mol. The fraction of sp³-hybridized carbons (Fsp3) is 0.263. The Morgan fingerprint density at radius 3 is 2.33 bits per heavy atom. The molecule has 8 heteroatoms. The Hall–Kier alpha value is -3.05. The van der Waals surface area contributed by atoms with E-state index in [4.69, 9.17) is 9.47 Å². The summed E-state index contributed by atoms with van der Waals surface area (Å²) < 4.78 is 10.3. The number of pyridine rings is 1. The van der Waals surface area contributed by atoms with Crippen LogP contribution in [-0.4, -0.2) is 36.6 Å². The first-order valence-electron chi connectivity index (χ1n) is 7.96. The molecule has 0 bridgehead atoms. The van der Waals surface area contributed by atoms with Crippen molar-refractivity contribution in [3.63, 3.8) is 0 Å². The van der Waals surface area contributed by atoms with Gasteiger partial charge in [-0.25, -0.2) is 4.98 Å². The third-order valence-electron chi connectivity index (χ3n) is 3.65. The first-order chi connectivity index (χ1) is 12.9. The number of methoxy groups -OCH3 is 2. The molecule has 0 fully saturated rings. The lowest BCUT2D eigenvalue weighted by atomic mass is 10.1. The van der Waals surface area contributed by atoms with Crippen LogP contribution in [0.25, 0.3) is 0 Å². The third kappa shape index (κ3) is 5.21. The van der Waals surface area contributed by atoms with E-state index in [2.05, 4.69) is 10.3 Å². The second-order valence-corrected chi connectivity index (χ2v) is 6.54. The summed E-state index contributed by atoms with van der Waals surface area (Å²) >= 11 is 1.13. The van der Waals surface area contributed by atoms with E-state index in [9.17, 15) is 14.9 Å². The van der Waals surface area contributed by atoms with Gasteiger partial charge >= 0.3 is 0 Å². The van der Waals surface area contributed by atoms with Gasteiger partial charge in [-0.15, -0.1) is 0 Å². The van der Waals surface area contributed by atoms with Crippen molar-refractivity contribution in [1.29, 1.82) is 5.26 Å². The molecule has 1 N–H and O–H groups in total. The summed E-state index contributed by atoms with van der Waals surface area (Å²) in [6.07, 6.45) is 0. The largest absolute Gasteiger partial charge is 0.497 e. The number of carbonyl (C=O) groups is 2. The number of aromatic nitrogens is 1. The predicted molar refractivity (Wildman–Crippen MR) is 103 cm³/mol. The summed E-state index contributed by atoms with van der Waals surface area (Å²) in [5.41, 5.74) is 1.74. The molecule has 1 heterocycles. The average Bonchev–Trinajstić information content (AvgIpc) is 2.65. The van der Waals surface area contributed by atoms with Gasteiger partial charge in [-0.3, -0.25) is 9.59 Å². The highest BCUT2D eigenvalue weighted by atomic mass is 32.2. The molecule has 0 aliphatic heterocycles. The maximum Gasteiger partial charge on any atom is 0.234 e. The number of thioether (sulfide) groups is 1. The molecule has 1 aromatic heterocycles. The number of aryl methyl sites for hydroxylation is 1. The normalized spacial score (nSPS) is 10.0. The Kier molecular flexibility index (Phi) is 6.79. The predicted octanol–water partition coefficient (Wildman–Crippen LogP) is 3.21. The van der Waals surface area contributed by atoms with Crippen molar-refractivity contribution in [2.24, 2.45) is 0 Å². The fourth-order valence-electron chi connectivity index (χ4n) is 2.34. The Balaban J connectivity index is 2.11. The number of hydrogen-bond acceptors (Lipinski definition) is 7. The minimum atomic E-state index is -0.269. The van der Waals surface area contributed by atoms with Crippen LogP contribution < -0.4 is 14.8 Å². The number of nitriles is 1. The summed E-state index contributed by atoms with van der Waals surface area (Å²) in [4.78, 5) is 28.1. The molecule has 1 aromatic carbocycles. The molecule has 0 saturated heterocycles. The van der Waals surface area contributed by atoms with Gasteiger partial charge < -0.3 is 14.8 Å². The minimum absolute atomic E-state index is 0.0556. The zero-order valence-electron chi connectivity index (χ0n) is 15.5. The van der Waals surface area contributed by atoms with Crippen LogP contribution in [0.5, 0.6) is 11.5 Å². The van der Waals surface area contributed by atoms with Crippen molar-refractivity contribution < 1.29 is 19.1 Å². The average molecular weight is 385 g/mol. The van der Waals surface area contributed by atoms with Crippen molar-refractivity contribution in [2.75, 3.05) is 25.3 Å². The molecule has 0 spiro atoms. The van der Waals surface area contributed by atoms with E-state index in [1.54, 1.807) is 25.1 Å². The van der Waals surface area contributed by atoms with Gasteiger partial charge in [-0.05, 0) is 19.9 Å². The van der Waals surface area contributed by atoms with Crippen LogP contribution in [0, 0.1) is 18.3 Å². The van der Waals surface area contributed by atoms with E-state index in [0.717, 1.165) is 11.8 Å². The number of ketones is 1. The topological polar surface area (TPSA) is 101 Å². The summed E-state index contributed by atoms with van der Waals surface area (Å²) in [6.45, 7) is 3.12. The van der Waals surface area contributed by atoms with Crippen LogP contribution in [0.15, 0.2) is 29.3 Å². The number of nitrogens with zero attached hydrogens (tertiary/aromatic N) is 2. The SMILES string of the molecule is COc1cc(NC(=O)CSc2nc(C)c(C(C)=O)cc2C#N)cc(OC)c1. The number of amides is 1. The smallest absolute Gasteiger partial charge is 0.234 e. The lowest BCUT2D eigenvalue weighted by molar-refractivity contribution is -0.113. The number of hydrogen-bond donors (Lipinski definition) is 1. The molecule has 0 atom stereocenters. The fourth-order valence-corrected chi connectivity index (χ4v) is 3.14. The van der Waals surface area contributed by atoms with Crippen molar-refractivity contribution in [2.45, 2.75) is 18.9 Å². The molecule has 27 heavy (non-hydrogen) atoms. The number of anilines is 1. The van der Waals surface area contributed by atoms with Gasteiger partial charge in [0, 0.05) is 35.1 Å². The van der Waals surface area contributed by atoms with Crippen LogP contribution in [0.4, 0.5) is 5.69 Å². The highest BCUT2D eigenvalue weighted by molar-refractivity contribution is 8.00. The standard InChI is InChI=1S/C19H19N3O4S/c1-11-17(12(2)23)5-13(9-20)19(21-11)27-10-18(24)22-14-6-15(25-3)8-16(7-14)26-4/h5-8H,10H2,1-4H3,(H,22,24). The zero-order chi connectivity index (χ0) is 20.0. The minimum Gasteiger partial charge on any atom is -0.497 e. The molecule has 1 amide bonds. The van der Waals surface area contributed by atoms with E-state index in [-0.39, 0.29) is 23.0 Å². The summed E-state index contributed by atoms with van der Waals surface area (Å²) in [6, 6.07) is 8.59. The van der Waals surface area contributed by atoms with Crippen molar-refractivity contribution in [3.05, 3.63) is 41.1 Å². The molecule has 2 rings (SSSR count). The van der Waals surface area contributed by atoms with Gasteiger partial charge in [0.2, 0.25) is 5.91 Å². The summed E-state index contributed by atoms with van der Waals surface area (Å²) in [7, 11) is 3.05. The number of benzene rings is 1. The van der Waals surface area contributed by atoms with Gasteiger partial charge in [-0.1, -0.05) is 11.8 Å². The molecular weight excluding hydrogens is 366 g/mol. The quantitative estimate of drug-likeness (QED) is 0.577. The van der Waals surface area contributed by atoms with E-state index in [1.165, 1.54) is 27.2 Å². The van der Waals surface area contributed by atoms with E-state index in [1.807, 2.05) is 6.07 Å². The highest BCUT2D eigenvalue weighted by Gasteiger charge is 2.14. The van der Waals surface area contributed by atoms with Gasteiger partial charge in [0.1, 0.15) is 22.6 Å². The van der Waals surface area contributed by atoms with Crippen LogP contribution in [0.2, 0.25) is 0 Å². The van der Waals surface area contributed by atoms with E-state index >= 15 is 0 Å². The van der Waals surface area contributed by atoms with Crippen LogP contribution in [0.1, 0.15) is 28.5 Å². The summed E-state index contributed by atoms with van der Waals surface area (Å²) in [5.74, 6) is 0.745. The first kappa shape index (κ1) is 20.3. The van der Waals surface area contributed by atoms with Crippen molar-refractivity contribution in [3.8, 4) is 17.6 Å². The van der Waals surface area contributed by atoms with Gasteiger partial charge in [-0.2, -0.15) is 5.26 Å². The van der Waals surface area contributed by atoms with Crippen LogP contribution in [0.3, 0.4) is 0 Å². The van der Waals surface area contributed by atoms with E-state index < -0.39 is 0 Å². The lowest BCUT2D eigenvalue weighted by Crippen LogP contribution is -2.14. The Morgan fingerprint density at radius 1 is 1.19 bits per heavy atom. The second kappa shape index (κ2) is 9.05. The summed E-state index contributed by atoms with van der Waals surface area (Å²) in [5, 5.41) is 12.5. The van der Waals surface area contributed by atoms with Crippen molar-refractivity contribution in [1.82, 2.24) is 4.98 Å². The maximum absolute atomic E-state index is 12.3. The first-order valence-corrected chi connectivity index (χ1v) is 8.95. The van der Waals surface area contributed by atoms with Gasteiger partial charge in [0.15, 0.2) is 5.78 Å². The number of nitrogens with one attached hydrogen (secondary N) is 1. The Labute approximate surface area is 161 Å². The maximum atomic E-state index is 12.3. The molecule has 140 valence electrons. The molecular formula is C19H19N3O4S. The second-order valence-electron chi connectivity index (χ2n) is 5.58. The molecule has 2 aromatic rings. The van der Waals surface area contributed by atoms with Crippen molar-refractivity contribution >= 4 is 29.1 Å². The number of ether oxygens (including phenoxy) is 2.